The number of amides is 1. The zero-order valence-electron chi connectivity index (χ0n) is 13.4. The van der Waals surface area contributed by atoms with Gasteiger partial charge in [-0.2, -0.15) is 0 Å². The number of ether oxygens (including phenoxy) is 2. The molecule has 1 amide bonds. The number of aromatic nitrogens is 2. The number of benzene rings is 1. The van der Waals surface area contributed by atoms with E-state index in [1.165, 1.54) is 0 Å². The number of nitrogens with one attached hydrogen (secondary N) is 1. The Morgan fingerprint density at radius 3 is 2.92 bits per heavy atom. The standard InChI is InChI=1S/C18H19N3O3/c1-23-12-11-21-10-8-14-15(21)5-4-6-16(14)24-13-18(22)20-17-7-2-3-9-19-17/h2-10H,11-13H2,1H3,(H,19,20,22). The number of carbonyl (C=O) groups is 1. The molecule has 1 N–H and O–H groups in total. The molecule has 3 rings (SSSR count). The normalized spacial score (nSPS) is 10.7. The molecule has 0 fully saturated rings. The highest BCUT2D eigenvalue weighted by Gasteiger charge is 2.09. The third-order valence-corrected chi connectivity index (χ3v) is 3.60. The van der Waals surface area contributed by atoms with Gasteiger partial charge in [-0.15, -0.1) is 0 Å². The highest BCUT2D eigenvalue weighted by atomic mass is 16.5. The third kappa shape index (κ3) is 3.72. The quantitative estimate of drug-likeness (QED) is 0.725. The highest BCUT2D eigenvalue weighted by molar-refractivity contribution is 5.92. The van der Waals surface area contributed by atoms with Crippen molar-refractivity contribution in [2.45, 2.75) is 6.54 Å². The minimum Gasteiger partial charge on any atom is -0.483 e. The van der Waals surface area contributed by atoms with Crippen LogP contribution in [0.25, 0.3) is 10.9 Å². The molecule has 0 aliphatic rings. The summed E-state index contributed by atoms with van der Waals surface area (Å²) in [5.74, 6) is 0.944. The molecule has 0 spiro atoms. The molecule has 0 radical (unpaired) electrons. The van der Waals surface area contributed by atoms with Crippen molar-refractivity contribution < 1.29 is 14.3 Å². The van der Waals surface area contributed by atoms with Crippen LogP contribution in [0.2, 0.25) is 0 Å². The van der Waals surface area contributed by atoms with Crippen molar-refractivity contribution in [1.29, 1.82) is 0 Å². The fraction of sp³-hybridized carbons (Fsp3) is 0.222. The lowest BCUT2D eigenvalue weighted by Gasteiger charge is -2.09. The van der Waals surface area contributed by atoms with E-state index < -0.39 is 0 Å². The SMILES string of the molecule is COCCn1ccc2c(OCC(=O)Nc3ccccn3)cccc21. The molecule has 24 heavy (non-hydrogen) atoms. The van der Waals surface area contributed by atoms with Crippen LogP contribution in [0, 0.1) is 0 Å². The first kappa shape index (κ1) is 16.0. The van der Waals surface area contributed by atoms with Crippen molar-refractivity contribution in [2.24, 2.45) is 0 Å². The third-order valence-electron chi connectivity index (χ3n) is 3.60. The van der Waals surface area contributed by atoms with Gasteiger partial charge in [-0.1, -0.05) is 12.1 Å². The van der Waals surface area contributed by atoms with Crippen molar-refractivity contribution >= 4 is 22.6 Å². The Bertz CT molecular complexity index is 815. The monoisotopic (exact) mass is 325 g/mol. The molecule has 0 atom stereocenters. The highest BCUT2D eigenvalue weighted by Crippen LogP contribution is 2.26. The molecule has 0 bridgehead atoms. The zero-order valence-corrected chi connectivity index (χ0v) is 13.4. The van der Waals surface area contributed by atoms with Crippen LogP contribution in [-0.2, 0) is 16.1 Å². The Labute approximate surface area is 140 Å². The van der Waals surface area contributed by atoms with Gasteiger partial charge in [-0.05, 0) is 30.3 Å². The second-order valence-corrected chi connectivity index (χ2v) is 5.24. The summed E-state index contributed by atoms with van der Waals surface area (Å²) in [5, 5.41) is 3.67. The first-order valence-electron chi connectivity index (χ1n) is 7.68. The summed E-state index contributed by atoms with van der Waals surface area (Å²) in [6.45, 7) is 1.34. The Morgan fingerprint density at radius 2 is 2.12 bits per heavy atom. The Hall–Kier alpha value is -2.86. The lowest BCUT2D eigenvalue weighted by molar-refractivity contribution is -0.118. The minimum atomic E-state index is -0.246. The van der Waals surface area contributed by atoms with Crippen molar-refractivity contribution in [3.05, 3.63) is 54.9 Å². The smallest absolute Gasteiger partial charge is 0.263 e. The first-order valence-corrected chi connectivity index (χ1v) is 7.68. The van der Waals surface area contributed by atoms with Crippen LogP contribution in [0.15, 0.2) is 54.9 Å². The van der Waals surface area contributed by atoms with E-state index in [0.29, 0.717) is 18.2 Å². The molecule has 3 aromatic rings. The van der Waals surface area contributed by atoms with Crippen molar-refractivity contribution in [3.8, 4) is 5.75 Å². The molecule has 0 saturated carbocycles. The number of carbonyl (C=O) groups excluding carboxylic acids is 1. The topological polar surface area (TPSA) is 65.4 Å². The van der Waals surface area contributed by atoms with Crippen molar-refractivity contribution in [3.63, 3.8) is 0 Å². The van der Waals surface area contributed by atoms with Crippen LogP contribution >= 0.6 is 0 Å². The second-order valence-electron chi connectivity index (χ2n) is 5.24. The lowest BCUT2D eigenvalue weighted by atomic mass is 10.2. The summed E-state index contributed by atoms with van der Waals surface area (Å²) >= 11 is 0. The number of hydrogen-bond acceptors (Lipinski definition) is 4. The lowest BCUT2D eigenvalue weighted by Crippen LogP contribution is -2.20. The van der Waals surface area contributed by atoms with E-state index in [0.717, 1.165) is 17.4 Å². The largest absolute Gasteiger partial charge is 0.483 e. The molecule has 1 aromatic carbocycles. The predicted molar refractivity (Wildman–Crippen MR) is 92.2 cm³/mol. The number of rotatable bonds is 7. The van der Waals surface area contributed by atoms with Crippen LogP contribution in [0.4, 0.5) is 5.82 Å². The van der Waals surface area contributed by atoms with Crippen LogP contribution in [0.5, 0.6) is 5.75 Å². The number of anilines is 1. The van der Waals surface area contributed by atoms with Gasteiger partial charge in [0.1, 0.15) is 11.6 Å². The molecule has 0 aliphatic heterocycles. The minimum absolute atomic E-state index is 0.0705. The van der Waals surface area contributed by atoms with Gasteiger partial charge in [-0.25, -0.2) is 4.98 Å². The average Bonchev–Trinajstić information content (AvgIpc) is 3.02. The molecular weight excluding hydrogens is 306 g/mol. The average molecular weight is 325 g/mol. The van der Waals surface area contributed by atoms with E-state index in [2.05, 4.69) is 14.9 Å². The van der Waals surface area contributed by atoms with Gasteiger partial charge in [-0.3, -0.25) is 4.79 Å². The fourth-order valence-electron chi connectivity index (χ4n) is 2.46. The molecule has 6 heteroatoms. The van der Waals surface area contributed by atoms with Crippen LogP contribution in [0.3, 0.4) is 0 Å². The van der Waals surface area contributed by atoms with E-state index in [1.807, 2.05) is 36.5 Å². The Morgan fingerprint density at radius 1 is 1.21 bits per heavy atom. The van der Waals surface area contributed by atoms with Gasteiger partial charge in [0.25, 0.3) is 5.91 Å². The fourth-order valence-corrected chi connectivity index (χ4v) is 2.46. The van der Waals surface area contributed by atoms with Gasteiger partial charge < -0.3 is 19.4 Å². The van der Waals surface area contributed by atoms with Gasteiger partial charge in [0.05, 0.1) is 12.1 Å². The van der Waals surface area contributed by atoms with Crippen molar-refractivity contribution in [2.75, 3.05) is 25.6 Å². The Kier molecular flexibility index (Phi) is 5.08. The first-order chi connectivity index (χ1) is 11.8. The van der Waals surface area contributed by atoms with E-state index >= 15 is 0 Å². The predicted octanol–water partition coefficient (Wildman–Crippen LogP) is 2.70. The van der Waals surface area contributed by atoms with E-state index in [9.17, 15) is 4.79 Å². The summed E-state index contributed by atoms with van der Waals surface area (Å²) in [5.41, 5.74) is 1.05. The van der Waals surface area contributed by atoms with Crippen molar-refractivity contribution in [1.82, 2.24) is 9.55 Å². The van der Waals surface area contributed by atoms with E-state index in [-0.39, 0.29) is 12.5 Å². The zero-order chi connectivity index (χ0) is 16.8. The van der Waals surface area contributed by atoms with Crippen LogP contribution in [-0.4, -0.2) is 35.8 Å². The number of nitrogens with zero attached hydrogens (tertiary/aromatic N) is 2. The van der Waals surface area contributed by atoms with Crippen LogP contribution < -0.4 is 10.1 Å². The van der Waals surface area contributed by atoms with E-state index in [1.54, 1.807) is 25.4 Å². The molecule has 0 unspecified atom stereocenters. The molecule has 6 nitrogen and oxygen atoms in total. The van der Waals surface area contributed by atoms with Crippen LogP contribution in [0.1, 0.15) is 0 Å². The number of methoxy groups -OCH3 is 1. The second kappa shape index (κ2) is 7.61. The molecule has 124 valence electrons. The van der Waals surface area contributed by atoms with Gasteiger partial charge in [0.15, 0.2) is 6.61 Å². The molecule has 0 saturated heterocycles. The molecule has 0 aliphatic carbocycles. The number of fused-ring (bicyclic) bond motifs is 1. The maximum atomic E-state index is 12.0. The van der Waals surface area contributed by atoms with E-state index in [4.69, 9.17) is 9.47 Å². The summed E-state index contributed by atoms with van der Waals surface area (Å²) in [7, 11) is 1.68. The Balaban J connectivity index is 1.67. The summed E-state index contributed by atoms with van der Waals surface area (Å²) in [4.78, 5) is 16.0. The maximum absolute atomic E-state index is 12.0. The number of hydrogen-bond donors (Lipinski definition) is 1. The molecular formula is C18H19N3O3. The summed E-state index contributed by atoms with van der Waals surface area (Å²) < 4.78 is 12.9. The van der Waals surface area contributed by atoms with Gasteiger partial charge in [0, 0.05) is 31.4 Å². The summed E-state index contributed by atoms with van der Waals surface area (Å²) in [6, 6.07) is 13.1. The van der Waals surface area contributed by atoms with Gasteiger partial charge in [0.2, 0.25) is 0 Å². The molecule has 2 aromatic heterocycles. The molecule has 2 heterocycles. The maximum Gasteiger partial charge on any atom is 0.263 e. The summed E-state index contributed by atoms with van der Waals surface area (Å²) in [6.07, 6.45) is 3.62. The van der Waals surface area contributed by atoms with Gasteiger partial charge >= 0.3 is 0 Å². The number of pyridine rings is 1.